The number of hydrogen-bond acceptors (Lipinski definition) is 3. The number of carbonyl (C=O) groups excluding carboxylic acids is 1. The van der Waals surface area contributed by atoms with E-state index in [1.807, 2.05) is 13.8 Å². The molecular weight excluding hydrogens is 228 g/mol. The second kappa shape index (κ2) is 4.85. The summed E-state index contributed by atoms with van der Waals surface area (Å²) in [6.45, 7) is 6.22. The van der Waals surface area contributed by atoms with Gasteiger partial charge in [0.15, 0.2) is 0 Å². The maximum Gasteiger partial charge on any atom is 0.258 e. The van der Waals surface area contributed by atoms with Crippen LogP contribution >= 0.6 is 0 Å². The first-order valence-corrected chi connectivity index (χ1v) is 6.33. The monoisotopic (exact) mass is 246 g/mol. The zero-order chi connectivity index (χ0) is 13.3. The smallest absolute Gasteiger partial charge is 0.258 e. The van der Waals surface area contributed by atoms with Crippen LogP contribution in [0.1, 0.15) is 46.7 Å². The average molecular weight is 246 g/mol. The van der Waals surface area contributed by atoms with Gasteiger partial charge in [-0.1, -0.05) is 0 Å². The topological polar surface area (TPSA) is 57.2 Å². The van der Waals surface area contributed by atoms with E-state index in [0.29, 0.717) is 17.9 Å². The Morgan fingerprint density at radius 1 is 1.33 bits per heavy atom. The van der Waals surface area contributed by atoms with Crippen LogP contribution < -0.4 is 0 Å². The normalized spacial score (nSPS) is 19.7. The first-order valence-electron chi connectivity index (χ1n) is 6.33. The summed E-state index contributed by atoms with van der Waals surface area (Å²) in [4.78, 5) is 14.2. The number of furan rings is 1. The molecule has 1 unspecified atom stereocenters. The van der Waals surface area contributed by atoms with Crippen LogP contribution in [0.3, 0.4) is 0 Å². The van der Waals surface area contributed by atoms with Crippen molar-refractivity contribution in [2.75, 3.05) is 6.54 Å². The molecule has 1 fully saturated rings. The molecule has 2 heterocycles. The number of rotatable bonds is 1. The lowest BCUT2D eigenvalue weighted by Gasteiger charge is -2.31. The number of hydrogen-bond donors (Lipinski definition) is 0. The summed E-state index contributed by atoms with van der Waals surface area (Å²) in [5.41, 5.74) is 1.52. The Kier molecular flexibility index (Phi) is 3.42. The summed E-state index contributed by atoms with van der Waals surface area (Å²) < 4.78 is 5.50. The molecule has 0 spiro atoms. The third-order valence-electron chi connectivity index (χ3n) is 3.69. The molecule has 1 aromatic heterocycles. The molecule has 0 N–H and O–H groups in total. The van der Waals surface area contributed by atoms with E-state index in [1.54, 1.807) is 11.8 Å². The summed E-state index contributed by atoms with van der Waals surface area (Å²) in [6.07, 6.45) is 2.76. The molecule has 0 aliphatic carbocycles. The Hall–Kier alpha value is -1.76. The van der Waals surface area contributed by atoms with Gasteiger partial charge in [0.05, 0.1) is 11.6 Å². The molecule has 1 aliphatic rings. The van der Waals surface area contributed by atoms with Gasteiger partial charge in [0.25, 0.3) is 5.91 Å². The molecule has 4 nitrogen and oxygen atoms in total. The molecule has 2 rings (SSSR count). The highest BCUT2D eigenvalue weighted by molar-refractivity contribution is 5.97. The summed E-state index contributed by atoms with van der Waals surface area (Å²) in [7, 11) is 0. The highest BCUT2D eigenvalue weighted by atomic mass is 16.3. The minimum absolute atomic E-state index is 0.0619. The Morgan fingerprint density at radius 3 is 2.61 bits per heavy atom. The largest absolute Gasteiger partial charge is 0.466 e. The SMILES string of the molecule is Cc1oc(C)c(C(=O)N2CCCCC2C#N)c1C. The van der Waals surface area contributed by atoms with Crippen LogP contribution in [0.4, 0.5) is 0 Å². The van der Waals surface area contributed by atoms with Gasteiger partial charge in [0, 0.05) is 12.1 Å². The van der Waals surface area contributed by atoms with Crippen molar-refractivity contribution in [2.24, 2.45) is 0 Å². The van der Waals surface area contributed by atoms with Crippen LogP contribution in [-0.2, 0) is 0 Å². The highest BCUT2D eigenvalue weighted by Crippen LogP contribution is 2.25. The number of carbonyl (C=O) groups is 1. The quantitative estimate of drug-likeness (QED) is 0.765. The first-order chi connectivity index (χ1) is 8.56. The third kappa shape index (κ3) is 2.01. The van der Waals surface area contributed by atoms with Gasteiger partial charge in [-0.15, -0.1) is 0 Å². The minimum atomic E-state index is -0.291. The number of nitriles is 1. The maximum absolute atomic E-state index is 12.5. The Labute approximate surface area is 107 Å². The van der Waals surface area contributed by atoms with Crippen molar-refractivity contribution in [3.05, 3.63) is 22.6 Å². The zero-order valence-corrected chi connectivity index (χ0v) is 11.1. The van der Waals surface area contributed by atoms with Crippen LogP contribution in [-0.4, -0.2) is 23.4 Å². The molecule has 0 bridgehead atoms. The number of amides is 1. The van der Waals surface area contributed by atoms with Crippen molar-refractivity contribution >= 4 is 5.91 Å². The molecular formula is C14H18N2O2. The van der Waals surface area contributed by atoms with E-state index in [1.165, 1.54) is 0 Å². The molecule has 1 aromatic rings. The Balaban J connectivity index is 2.33. The summed E-state index contributed by atoms with van der Waals surface area (Å²) >= 11 is 0. The van der Waals surface area contributed by atoms with Gasteiger partial charge >= 0.3 is 0 Å². The molecule has 1 amide bonds. The number of nitrogens with zero attached hydrogens (tertiary/aromatic N) is 2. The fourth-order valence-electron chi connectivity index (χ4n) is 2.56. The standard InChI is InChI=1S/C14H18N2O2/c1-9-10(2)18-11(3)13(9)14(17)16-7-5-4-6-12(16)8-15/h12H,4-7H2,1-3H3. The van der Waals surface area contributed by atoms with Crippen molar-refractivity contribution in [1.82, 2.24) is 4.90 Å². The van der Waals surface area contributed by atoms with Gasteiger partial charge in [-0.2, -0.15) is 5.26 Å². The van der Waals surface area contributed by atoms with Crippen molar-refractivity contribution in [2.45, 2.75) is 46.1 Å². The fraction of sp³-hybridized carbons (Fsp3) is 0.571. The average Bonchev–Trinajstić information content (AvgIpc) is 2.62. The fourth-order valence-corrected chi connectivity index (χ4v) is 2.56. The minimum Gasteiger partial charge on any atom is -0.466 e. The van der Waals surface area contributed by atoms with Crippen molar-refractivity contribution in [1.29, 1.82) is 5.26 Å². The van der Waals surface area contributed by atoms with Gasteiger partial charge in [0.1, 0.15) is 17.6 Å². The van der Waals surface area contributed by atoms with Gasteiger partial charge in [-0.25, -0.2) is 0 Å². The van der Waals surface area contributed by atoms with E-state index in [-0.39, 0.29) is 11.9 Å². The highest BCUT2D eigenvalue weighted by Gasteiger charge is 2.30. The van der Waals surface area contributed by atoms with E-state index in [9.17, 15) is 4.79 Å². The van der Waals surface area contributed by atoms with Crippen LogP contribution in [0.25, 0.3) is 0 Å². The predicted octanol–water partition coefficient (Wildman–Crippen LogP) is 2.72. The Bertz CT molecular complexity index is 511. The van der Waals surface area contributed by atoms with Crippen molar-refractivity contribution in [3.8, 4) is 6.07 Å². The lowest BCUT2D eigenvalue weighted by Crippen LogP contribution is -2.43. The zero-order valence-electron chi connectivity index (χ0n) is 11.1. The second-order valence-corrected chi connectivity index (χ2v) is 4.85. The lowest BCUT2D eigenvalue weighted by atomic mass is 10.0. The number of likely N-dealkylation sites (tertiary alicyclic amines) is 1. The molecule has 1 saturated heterocycles. The van der Waals surface area contributed by atoms with Crippen molar-refractivity contribution < 1.29 is 9.21 Å². The van der Waals surface area contributed by atoms with E-state index >= 15 is 0 Å². The molecule has 4 heteroatoms. The number of piperidine rings is 1. The van der Waals surface area contributed by atoms with Crippen molar-refractivity contribution in [3.63, 3.8) is 0 Å². The molecule has 0 saturated carbocycles. The summed E-state index contributed by atoms with van der Waals surface area (Å²) in [5, 5.41) is 9.13. The molecule has 96 valence electrons. The van der Waals surface area contributed by atoms with Crippen LogP contribution in [0.2, 0.25) is 0 Å². The van der Waals surface area contributed by atoms with Crippen LogP contribution in [0.5, 0.6) is 0 Å². The lowest BCUT2D eigenvalue weighted by molar-refractivity contribution is 0.0668. The van der Waals surface area contributed by atoms with Gasteiger partial charge < -0.3 is 9.32 Å². The first kappa shape index (κ1) is 12.7. The molecule has 0 radical (unpaired) electrons. The summed E-state index contributed by atoms with van der Waals surface area (Å²) in [6, 6.07) is 1.93. The predicted molar refractivity (Wildman–Crippen MR) is 67.2 cm³/mol. The molecule has 1 atom stereocenters. The van der Waals surface area contributed by atoms with Crippen LogP contribution in [0, 0.1) is 32.1 Å². The number of aryl methyl sites for hydroxylation is 2. The van der Waals surface area contributed by atoms with Gasteiger partial charge in [0.2, 0.25) is 0 Å². The summed E-state index contributed by atoms with van der Waals surface area (Å²) in [5.74, 6) is 1.37. The molecule has 1 aliphatic heterocycles. The van der Waals surface area contributed by atoms with E-state index in [2.05, 4.69) is 6.07 Å². The van der Waals surface area contributed by atoms with Gasteiger partial charge in [-0.3, -0.25) is 4.79 Å². The molecule has 18 heavy (non-hydrogen) atoms. The van der Waals surface area contributed by atoms with E-state index < -0.39 is 0 Å². The third-order valence-corrected chi connectivity index (χ3v) is 3.69. The van der Waals surface area contributed by atoms with E-state index in [4.69, 9.17) is 9.68 Å². The molecule has 0 aromatic carbocycles. The maximum atomic E-state index is 12.5. The van der Waals surface area contributed by atoms with Gasteiger partial charge in [-0.05, 0) is 40.0 Å². The Morgan fingerprint density at radius 2 is 2.06 bits per heavy atom. The van der Waals surface area contributed by atoms with E-state index in [0.717, 1.165) is 30.6 Å². The van der Waals surface area contributed by atoms with Crippen LogP contribution in [0.15, 0.2) is 4.42 Å². The second-order valence-electron chi connectivity index (χ2n) is 4.85.